The number of carbonyl (C=O) groups is 1. The van der Waals surface area contributed by atoms with E-state index in [9.17, 15) is 20.0 Å². The third-order valence-electron chi connectivity index (χ3n) is 3.45. The molecule has 0 unspecified atom stereocenters. The summed E-state index contributed by atoms with van der Waals surface area (Å²) in [6.07, 6.45) is -2.25. The lowest BCUT2D eigenvalue weighted by molar-refractivity contribution is -0.384. The number of aliphatic hydroxyl groups excluding tert-OH is 1. The van der Waals surface area contributed by atoms with Crippen molar-refractivity contribution in [3.05, 3.63) is 68.2 Å². The zero-order valence-corrected chi connectivity index (χ0v) is 12.7. The number of carbonyl (C=O) groups excluding carboxylic acids is 1. The van der Waals surface area contributed by atoms with Crippen molar-refractivity contribution in [2.45, 2.75) is 12.2 Å². The first-order valence-corrected chi connectivity index (χ1v) is 7.19. The number of ketones is 1. The maximum absolute atomic E-state index is 12.2. The number of fused-ring (bicyclic) bond motifs is 1. The van der Waals surface area contributed by atoms with Gasteiger partial charge in [0.2, 0.25) is 0 Å². The Hall–Kier alpha value is -2.25. The molecule has 1 aliphatic heterocycles. The van der Waals surface area contributed by atoms with Gasteiger partial charge in [-0.15, -0.1) is 0 Å². The summed E-state index contributed by atoms with van der Waals surface area (Å²) in [6, 6.07) is 10.5. The Labute approximate surface area is 133 Å². The van der Waals surface area contributed by atoms with E-state index in [1.54, 1.807) is 18.2 Å². The van der Waals surface area contributed by atoms with E-state index in [2.05, 4.69) is 15.9 Å². The summed E-state index contributed by atoms with van der Waals surface area (Å²) < 4.78 is 6.46. The van der Waals surface area contributed by atoms with Crippen LogP contribution in [0.1, 0.15) is 22.0 Å². The molecule has 1 heterocycles. The highest BCUT2D eigenvalue weighted by Gasteiger charge is 2.37. The zero-order valence-electron chi connectivity index (χ0n) is 11.1. The average Bonchev–Trinajstić information content (AvgIpc) is 2.51. The second-order valence-corrected chi connectivity index (χ2v) is 5.75. The van der Waals surface area contributed by atoms with Crippen LogP contribution in [0.4, 0.5) is 5.69 Å². The van der Waals surface area contributed by atoms with E-state index in [4.69, 9.17) is 4.74 Å². The van der Waals surface area contributed by atoms with E-state index in [1.165, 1.54) is 24.3 Å². The number of hydrogen-bond acceptors (Lipinski definition) is 5. The van der Waals surface area contributed by atoms with Gasteiger partial charge in [-0.3, -0.25) is 14.9 Å². The molecule has 6 nitrogen and oxygen atoms in total. The molecule has 0 radical (unpaired) electrons. The fraction of sp³-hybridized carbons (Fsp3) is 0.133. The molecule has 1 aliphatic rings. The number of nitro benzene ring substituents is 1. The van der Waals surface area contributed by atoms with Crippen molar-refractivity contribution in [3.8, 4) is 5.75 Å². The average molecular weight is 364 g/mol. The third-order valence-corrected chi connectivity index (χ3v) is 3.94. The van der Waals surface area contributed by atoms with E-state index >= 15 is 0 Å². The largest absolute Gasteiger partial charge is 0.482 e. The highest BCUT2D eigenvalue weighted by molar-refractivity contribution is 9.10. The number of nitro groups is 1. The van der Waals surface area contributed by atoms with Crippen LogP contribution in [0, 0.1) is 10.1 Å². The first-order chi connectivity index (χ1) is 10.5. The Morgan fingerprint density at radius 1 is 1.18 bits per heavy atom. The molecule has 0 aliphatic carbocycles. The molecule has 7 heteroatoms. The third kappa shape index (κ3) is 2.49. The predicted molar refractivity (Wildman–Crippen MR) is 80.9 cm³/mol. The number of Topliss-reactive ketones (excluding diaryl/α,β-unsaturated/α-hetero) is 1. The summed E-state index contributed by atoms with van der Waals surface area (Å²) >= 11 is 3.30. The van der Waals surface area contributed by atoms with Gasteiger partial charge in [-0.1, -0.05) is 15.9 Å². The smallest absolute Gasteiger partial charge is 0.269 e. The van der Waals surface area contributed by atoms with Gasteiger partial charge in [-0.2, -0.15) is 0 Å². The zero-order chi connectivity index (χ0) is 15.9. The number of rotatable bonds is 2. The number of halogens is 1. The van der Waals surface area contributed by atoms with Crippen molar-refractivity contribution < 1.29 is 19.6 Å². The van der Waals surface area contributed by atoms with E-state index in [0.717, 1.165) is 4.47 Å². The van der Waals surface area contributed by atoms with Crippen LogP contribution < -0.4 is 4.74 Å². The quantitative estimate of drug-likeness (QED) is 0.654. The van der Waals surface area contributed by atoms with Gasteiger partial charge in [0, 0.05) is 16.6 Å². The summed E-state index contributed by atoms with van der Waals surface area (Å²) in [4.78, 5) is 22.4. The Kier molecular flexibility index (Phi) is 3.67. The van der Waals surface area contributed by atoms with Crippen molar-refractivity contribution in [2.75, 3.05) is 0 Å². The van der Waals surface area contributed by atoms with Crippen LogP contribution >= 0.6 is 15.9 Å². The van der Waals surface area contributed by atoms with Crippen molar-refractivity contribution >= 4 is 27.4 Å². The maximum Gasteiger partial charge on any atom is 0.269 e. The molecule has 2 aromatic rings. The molecule has 0 saturated heterocycles. The molecule has 0 bridgehead atoms. The van der Waals surface area contributed by atoms with Gasteiger partial charge in [-0.05, 0) is 35.9 Å². The normalized spacial score (nSPS) is 20.2. The molecule has 0 aromatic heterocycles. The lowest BCUT2D eigenvalue weighted by Gasteiger charge is -2.29. The topological polar surface area (TPSA) is 89.7 Å². The molecule has 22 heavy (non-hydrogen) atoms. The first-order valence-electron chi connectivity index (χ1n) is 6.40. The van der Waals surface area contributed by atoms with Crippen LogP contribution in [0.2, 0.25) is 0 Å². The van der Waals surface area contributed by atoms with Crippen LogP contribution in [0.15, 0.2) is 46.9 Å². The molecule has 2 atom stereocenters. The number of ether oxygens (including phenoxy) is 1. The second-order valence-electron chi connectivity index (χ2n) is 4.84. The summed E-state index contributed by atoms with van der Waals surface area (Å²) in [7, 11) is 0. The Morgan fingerprint density at radius 3 is 2.50 bits per heavy atom. The Morgan fingerprint density at radius 2 is 1.86 bits per heavy atom. The van der Waals surface area contributed by atoms with Gasteiger partial charge < -0.3 is 9.84 Å². The van der Waals surface area contributed by atoms with Gasteiger partial charge in [-0.25, -0.2) is 0 Å². The standard InChI is InChI=1S/C15H10BrNO5/c16-9-3-6-11-12(7-9)22-15(14(19)13(11)18)8-1-4-10(5-2-8)17(20)21/h1-7,14-15,19H/t14-,15-/m0/s1. The number of aliphatic hydroxyl groups is 1. The van der Waals surface area contributed by atoms with Gasteiger partial charge in [0.15, 0.2) is 18.0 Å². The number of benzene rings is 2. The highest BCUT2D eigenvalue weighted by atomic mass is 79.9. The van der Waals surface area contributed by atoms with Gasteiger partial charge in [0.05, 0.1) is 10.5 Å². The lowest BCUT2D eigenvalue weighted by atomic mass is 9.93. The fourth-order valence-electron chi connectivity index (χ4n) is 2.33. The van der Waals surface area contributed by atoms with Crippen molar-refractivity contribution in [1.29, 1.82) is 0 Å². The number of hydrogen-bond donors (Lipinski definition) is 1. The predicted octanol–water partition coefficient (Wildman–Crippen LogP) is 3.03. The summed E-state index contributed by atoms with van der Waals surface area (Å²) in [6.45, 7) is 0. The van der Waals surface area contributed by atoms with E-state index in [-0.39, 0.29) is 5.69 Å². The molecule has 0 amide bonds. The van der Waals surface area contributed by atoms with E-state index in [1.807, 2.05) is 0 Å². The van der Waals surface area contributed by atoms with Crippen molar-refractivity contribution in [3.63, 3.8) is 0 Å². The van der Waals surface area contributed by atoms with Crippen LogP contribution in [-0.4, -0.2) is 21.9 Å². The molecular formula is C15H10BrNO5. The molecule has 1 N–H and O–H groups in total. The van der Waals surface area contributed by atoms with Gasteiger partial charge in [0.25, 0.3) is 5.69 Å². The molecular weight excluding hydrogens is 354 g/mol. The maximum atomic E-state index is 12.2. The molecule has 3 rings (SSSR count). The van der Waals surface area contributed by atoms with Gasteiger partial charge in [0.1, 0.15) is 5.75 Å². The Bertz CT molecular complexity index is 759. The SMILES string of the molecule is O=C1c2ccc(Br)cc2O[C@@H](c2ccc([N+](=O)[O-])cc2)[C@H]1O. The molecule has 0 spiro atoms. The van der Waals surface area contributed by atoms with Gasteiger partial charge >= 0.3 is 0 Å². The fourth-order valence-corrected chi connectivity index (χ4v) is 2.67. The molecule has 0 saturated carbocycles. The highest BCUT2D eigenvalue weighted by Crippen LogP contribution is 2.37. The van der Waals surface area contributed by atoms with Crippen LogP contribution in [0.3, 0.4) is 0 Å². The monoisotopic (exact) mass is 363 g/mol. The summed E-state index contributed by atoms with van der Waals surface area (Å²) in [5.41, 5.74) is 0.745. The molecule has 0 fully saturated rings. The second kappa shape index (κ2) is 5.51. The number of nitrogens with zero attached hydrogens (tertiary/aromatic N) is 1. The summed E-state index contributed by atoms with van der Waals surface area (Å²) in [5.74, 6) is -0.0647. The molecule has 2 aromatic carbocycles. The minimum absolute atomic E-state index is 0.0662. The molecule has 112 valence electrons. The van der Waals surface area contributed by atoms with Crippen LogP contribution in [-0.2, 0) is 0 Å². The van der Waals surface area contributed by atoms with Crippen LogP contribution in [0.25, 0.3) is 0 Å². The summed E-state index contributed by atoms with van der Waals surface area (Å²) in [5, 5.41) is 20.8. The van der Waals surface area contributed by atoms with Crippen molar-refractivity contribution in [1.82, 2.24) is 0 Å². The Balaban J connectivity index is 1.98. The van der Waals surface area contributed by atoms with Crippen molar-refractivity contribution in [2.24, 2.45) is 0 Å². The minimum atomic E-state index is -1.35. The first kappa shape index (κ1) is 14.7. The van der Waals surface area contributed by atoms with E-state index < -0.39 is 22.9 Å². The lowest BCUT2D eigenvalue weighted by Crippen LogP contribution is -2.36. The minimum Gasteiger partial charge on any atom is -0.482 e. The number of non-ortho nitro benzene ring substituents is 1. The van der Waals surface area contributed by atoms with E-state index in [0.29, 0.717) is 16.9 Å². The van der Waals surface area contributed by atoms with Crippen LogP contribution in [0.5, 0.6) is 5.75 Å².